The van der Waals surface area contributed by atoms with Gasteiger partial charge in [-0.15, -0.1) is 0 Å². The highest BCUT2D eigenvalue weighted by molar-refractivity contribution is 6.04. The minimum atomic E-state index is -0.637. The fraction of sp³-hybridized carbons (Fsp3) is 0.429. The van der Waals surface area contributed by atoms with Gasteiger partial charge in [0.05, 0.1) is 18.2 Å². The van der Waals surface area contributed by atoms with Gasteiger partial charge in [-0.2, -0.15) is 0 Å². The average molecular weight is 265 g/mol. The molecule has 0 aromatic heterocycles. The quantitative estimate of drug-likeness (QED) is 0.910. The van der Waals surface area contributed by atoms with Crippen LogP contribution in [-0.4, -0.2) is 24.3 Å². The first-order valence-electron chi connectivity index (χ1n) is 6.37. The van der Waals surface area contributed by atoms with E-state index in [9.17, 15) is 14.0 Å². The predicted molar refractivity (Wildman–Crippen MR) is 67.7 cm³/mol. The Labute approximate surface area is 110 Å². The van der Waals surface area contributed by atoms with Crippen LogP contribution in [0.1, 0.15) is 36.5 Å². The molecule has 5 heteroatoms. The summed E-state index contributed by atoms with van der Waals surface area (Å²) in [6, 6.07) is 3.21. The molecule has 1 unspecified atom stereocenters. The zero-order valence-electron chi connectivity index (χ0n) is 10.7. The van der Waals surface area contributed by atoms with E-state index in [2.05, 4.69) is 5.32 Å². The number of benzene rings is 1. The Balaban J connectivity index is 2.20. The molecule has 0 bridgehead atoms. The maximum Gasteiger partial charge on any atom is 0.220 e. The third-order valence-electron chi connectivity index (χ3n) is 3.00. The molecule has 1 aromatic rings. The summed E-state index contributed by atoms with van der Waals surface area (Å²) in [5.74, 6) is -0.577. The molecule has 1 aromatic carbocycles. The maximum absolute atomic E-state index is 13.2. The number of hydrogen-bond donors (Lipinski definition) is 1. The highest BCUT2D eigenvalue weighted by atomic mass is 19.1. The number of hydrogen-bond acceptors (Lipinski definition) is 3. The Hall–Kier alpha value is -1.91. The van der Waals surface area contributed by atoms with Gasteiger partial charge in [-0.1, -0.05) is 6.92 Å². The molecule has 0 saturated heterocycles. The van der Waals surface area contributed by atoms with Crippen LogP contribution in [0, 0.1) is 5.82 Å². The van der Waals surface area contributed by atoms with E-state index in [0.717, 1.165) is 6.07 Å². The SMILES string of the molecule is CCCC(=O)NC1CCOc2ccc(F)cc2C1=O. The number of ether oxygens (including phenoxy) is 1. The Morgan fingerprint density at radius 2 is 2.32 bits per heavy atom. The van der Waals surface area contributed by atoms with E-state index in [4.69, 9.17) is 4.74 Å². The van der Waals surface area contributed by atoms with E-state index < -0.39 is 11.9 Å². The molecule has 1 heterocycles. The second kappa shape index (κ2) is 5.82. The van der Waals surface area contributed by atoms with Crippen molar-refractivity contribution in [1.82, 2.24) is 5.32 Å². The number of Topliss-reactive ketones (excluding diaryl/α,β-unsaturated/α-hetero) is 1. The predicted octanol–water partition coefficient (Wildman–Crippen LogP) is 2.08. The summed E-state index contributed by atoms with van der Waals surface area (Å²) in [5, 5.41) is 2.68. The van der Waals surface area contributed by atoms with Gasteiger partial charge in [-0.05, 0) is 24.6 Å². The molecule has 0 saturated carbocycles. The monoisotopic (exact) mass is 265 g/mol. The number of carbonyl (C=O) groups is 2. The number of fused-ring (bicyclic) bond motifs is 1. The van der Waals surface area contributed by atoms with Crippen LogP contribution in [0.4, 0.5) is 4.39 Å². The van der Waals surface area contributed by atoms with E-state index in [1.165, 1.54) is 12.1 Å². The molecule has 1 atom stereocenters. The van der Waals surface area contributed by atoms with Crippen LogP contribution in [-0.2, 0) is 4.79 Å². The van der Waals surface area contributed by atoms with Gasteiger partial charge in [0, 0.05) is 12.8 Å². The van der Waals surface area contributed by atoms with E-state index >= 15 is 0 Å². The molecular formula is C14H16FNO3. The maximum atomic E-state index is 13.2. The molecule has 1 N–H and O–H groups in total. The average Bonchev–Trinajstić information content (AvgIpc) is 2.51. The summed E-state index contributed by atoms with van der Waals surface area (Å²) in [6.45, 7) is 2.21. The van der Waals surface area contributed by atoms with Gasteiger partial charge in [0.2, 0.25) is 5.91 Å². The molecule has 1 aliphatic heterocycles. The molecule has 1 aliphatic rings. The third-order valence-corrected chi connectivity index (χ3v) is 3.00. The van der Waals surface area contributed by atoms with Crippen LogP contribution in [0.25, 0.3) is 0 Å². The molecular weight excluding hydrogens is 249 g/mol. The molecule has 4 nitrogen and oxygen atoms in total. The zero-order valence-corrected chi connectivity index (χ0v) is 10.7. The smallest absolute Gasteiger partial charge is 0.220 e. The van der Waals surface area contributed by atoms with Crippen molar-refractivity contribution in [2.24, 2.45) is 0 Å². The van der Waals surface area contributed by atoms with Crippen molar-refractivity contribution >= 4 is 11.7 Å². The van der Waals surface area contributed by atoms with Crippen LogP contribution in [0.5, 0.6) is 5.75 Å². The summed E-state index contributed by atoms with van der Waals surface area (Å²) in [4.78, 5) is 23.8. The fourth-order valence-electron chi connectivity index (χ4n) is 2.06. The largest absolute Gasteiger partial charge is 0.493 e. The second-order valence-corrected chi connectivity index (χ2v) is 4.51. The van der Waals surface area contributed by atoms with Crippen LogP contribution in [0.15, 0.2) is 18.2 Å². The van der Waals surface area contributed by atoms with E-state index in [1.807, 2.05) is 6.92 Å². The summed E-state index contributed by atoms with van der Waals surface area (Å²) in [5.41, 5.74) is 0.194. The van der Waals surface area contributed by atoms with E-state index in [1.54, 1.807) is 0 Å². The highest BCUT2D eigenvalue weighted by Crippen LogP contribution is 2.25. The van der Waals surface area contributed by atoms with Crippen molar-refractivity contribution in [2.75, 3.05) is 6.61 Å². The Bertz CT molecular complexity index is 501. The number of rotatable bonds is 3. The highest BCUT2D eigenvalue weighted by Gasteiger charge is 2.27. The third kappa shape index (κ3) is 3.10. The molecule has 0 radical (unpaired) electrons. The van der Waals surface area contributed by atoms with Gasteiger partial charge < -0.3 is 10.1 Å². The van der Waals surface area contributed by atoms with Crippen molar-refractivity contribution in [3.63, 3.8) is 0 Å². The lowest BCUT2D eigenvalue weighted by molar-refractivity contribution is -0.121. The first-order chi connectivity index (χ1) is 9.11. The summed E-state index contributed by atoms with van der Waals surface area (Å²) >= 11 is 0. The van der Waals surface area contributed by atoms with Crippen molar-refractivity contribution < 1.29 is 18.7 Å². The molecule has 0 aliphatic carbocycles. The Morgan fingerprint density at radius 1 is 1.53 bits per heavy atom. The van der Waals surface area contributed by atoms with E-state index in [-0.39, 0.29) is 17.3 Å². The molecule has 19 heavy (non-hydrogen) atoms. The normalized spacial score (nSPS) is 18.2. The van der Waals surface area contributed by atoms with Crippen molar-refractivity contribution in [3.8, 4) is 5.75 Å². The molecule has 102 valence electrons. The summed E-state index contributed by atoms with van der Waals surface area (Å²) in [6.07, 6.45) is 1.49. The van der Waals surface area contributed by atoms with Crippen LogP contribution in [0.2, 0.25) is 0 Å². The van der Waals surface area contributed by atoms with Crippen molar-refractivity contribution in [3.05, 3.63) is 29.6 Å². The van der Waals surface area contributed by atoms with Gasteiger partial charge in [-0.25, -0.2) is 4.39 Å². The minimum absolute atomic E-state index is 0.166. The molecule has 2 rings (SSSR count). The summed E-state index contributed by atoms with van der Waals surface area (Å²) in [7, 11) is 0. The van der Waals surface area contributed by atoms with Gasteiger partial charge in [-0.3, -0.25) is 9.59 Å². The van der Waals surface area contributed by atoms with Crippen LogP contribution >= 0.6 is 0 Å². The van der Waals surface area contributed by atoms with E-state index in [0.29, 0.717) is 31.6 Å². The first-order valence-corrected chi connectivity index (χ1v) is 6.37. The lowest BCUT2D eigenvalue weighted by Crippen LogP contribution is -2.40. The Morgan fingerprint density at radius 3 is 3.05 bits per heavy atom. The van der Waals surface area contributed by atoms with Gasteiger partial charge >= 0.3 is 0 Å². The number of ketones is 1. The summed E-state index contributed by atoms with van der Waals surface area (Å²) < 4.78 is 18.6. The van der Waals surface area contributed by atoms with Crippen LogP contribution in [0.3, 0.4) is 0 Å². The van der Waals surface area contributed by atoms with Crippen LogP contribution < -0.4 is 10.1 Å². The Kier molecular flexibility index (Phi) is 4.14. The zero-order chi connectivity index (χ0) is 13.8. The lowest BCUT2D eigenvalue weighted by Gasteiger charge is -2.14. The first kappa shape index (κ1) is 13.5. The number of nitrogens with one attached hydrogen (secondary N) is 1. The number of carbonyl (C=O) groups excluding carboxylic acids is 2. The van der Waals surface area contributed by atoms with Crippen molar-refractivity contribution in [2.45, 2.75) is 32.2 Å². The number of halogens is 1. The topological polar surface area (TPSA) is 55.4 Å². The fourth-order valence-corrected chi connectivity index (χ4v) is 2.06. The van der Waals surface area contributed by atoms with Crippen molar-refractivity contribution in [1.29, 1.82) is 0 Å². The molecule has 0 spiro atoms. The van der Waals surface area contributed by atoms with Gasteiger partial charge in [0.25, 0.3) is 0 Å². The molecule has 0 fully saturated rings. The lowest BCUT2D eigenvalue weighted by atomic mass is 10.0. The van der Waals surface area contributed by atoms with Gasteiger partial charge in [0.1, 0.15) is 11.6 Å². The standard InChI is InChI=1S/C14H16FNO3/c1-2-3-13(17)16-11-6-7-19-12-5-4-9(15)8-10(12)14(11)18/h4-5,8,11H,2-3,6-7H2,1H3,(H,16,17). The number of amides is 1. The molecule has 1 amide bonds. The second-order valence-electron chi connectivity index (χ2n) is 4.51. The minimum Gasteiger partial charge on any atom is -0.493 e. The van der Waals surface area contributed by atoms with Gasteiger partial charge in [0.15, 0.2) is 5.78 Å².